The molecule has 0 spiro atoms. The van der Waals surface area contributed by atoms with Crippen LogP contribution in [0.2, 0.25) is 5.02 Å². The van der Waals surface area contributed by atoms with Crippen LogP contribution in [-0.2, 0) is 17.9 Å². The molecule has 2 aromatic rings. The summed E-state index contributed by atoms with van der Waals surface area (Å²) >= 11 is 5.97. The van der Waals surface area contributed by atoms with Gasteiger partial charge in [0, 0.05) is 25.2 Å². The zero-order chi connectivity index (χ0) is 16.8. The summed E-state index contributed by atoms with van der Waals surface area (Å²) in [6.45, 7) is 1.42. The SMILES string of the molecule is CN(CC(=O)N(C)Cc1ccc(F)cc1)Cc1cccc(Cl)c1. The Hall–Kier alpha value is -1.91. The predicted molar refractivity (Wildman–Crippen MR) is 90.7 cm³/mol. The van der Waals surface area contributed by atoms with Crippen molar-refractivity contribution in [3.63, 3.8) is 0 Å². The van der Waals surface area contributed by atoms with Crippen molar-refractivity contribution in [3.8, 4) is 0 Å². The summed E-state index contributed by atoms with van der Waals surface area (Å²) in [6, 6.07) is 13.8. The molecule has 0 saturated heterocycles. The third-order valence-corrected chi connectivity index (χ3v) is 3.74. The number of likely N-dealkylation sites (N-methyl/N-ethyl adjacent to an activating group) is 2. The van der Waals surface area contributed by atoms with Crippen molar-refractivity contribution < 1.29 is 9.18 Å². The molecule has 0 saturated carbocycles. The van der Waals surface area contributed by atoms with Crippen LogP contribution in [0.3, 0.4) is 0 Å². The van der Waals surface area contributed by atoms with Gasteiger partial charge in [-0.2, -0.15) is 0 Å². The quantitative estimate of drug-likeness (QED) is 0.806. The number of nitrogens with zero attached hydrogens (tertiary/aromatic N) is 2. The van der Waals surface area contributed by atoms with Gasteiger partial charge >= 0.3 is 0 Å². The number of carbonyl (C=O) groups excluding carboxylic acids is 1. The van der Waals surface area contributed by atoms with Gasteiger partial charge in [0.15, 0.2) is 0 Å². The number of amides is 1. The van der Waals surface area contributed by atoms with Crippen LogP contribution in [0.5, 0.6) is 0 Å². The van der Waals surface area contributed by atoms with E-state index in [-0.39, 0.29) is 11.7 Å². The molecule has 0 heterocycles. The Balaban J connectivity index is 1.86. The molecule has 3 nitrogen and oxygen atoms in total. The van der Waals surface area contributed by atoms with E-state index in [1.165, 1.54) is 12.1 Å². The van der Waals surface area contributed by atoms with Gasteiger partial charge < -0.3 is 4.90 Å². The van der Waals surface area contributed by atoms with Crippen molar-refractivity contribution in [1.82, 2.24) is 9.80 Å². The van der Waals surface area contributed by atoms with Gasteiger partial charge in [0.05, 0.1) is 6.54 Å². The van der Waals surface area contributed by atoms with Crippen LogP contribution >= 0.6 is 11.6 Å². The van der Waals surface area contributed by atoms with E-state index in [4.69, 9.17) is 11.6 Å². The molecule has 0 bridgehead atoms. The normalized spacial score (nSPS) is 10.8. The van der Waals surface area contributed by atoms with E-state index < -0.39 is 0 Å². The topological polar surface area (TPSA) is 23.6 Å². The minimum absolute atomic E-state index is 0.0128. The van der Waals surface area contributed by atoms with Crippen molar-refractivity contribution in [2.75, 3.05) is 20.6 Å². The largest absolute Gasteiger partial charge is 0.340 e. The summed E-state index contributed by atoms with van der Waals surface area (Å²) in [5.74, 6) is -0.261. The average Bonchev–Trinajstić information content (AvgIpc) is 2.49. The minimum Gasteiger partial charge on any atom is -0.340 e. The average molecular weight is 335 g/mol. The van der Waals surface area contributed by atoms with E-state index in [2.05, 4.69) is 0 Å². The number of halogens is 2. The molecule has 23 heavy (non-hydrogen) atoms. The number of hydrogen-bond donors (Lipinski definition) is 0. The summed E-state index contributed by atoms with van der Waals surface area (Å²) in [5, 5.41) is 0.690. The van der Waals surface area contributed by atoms with Gasteiger partial charge in [0.25, 0.3) is 0 Å². The van der Waals surface area contributed by atoms with E-state index in [9.17, 15) is 9.18 Å². The fourth-order valence-corrected chi connectivity index (χ4v) is 2.52. The van der Waals surface area contributed by atoms with Crippen molar-refractivity contribution in [2.45, 2.75) is 13.1 Å². The molecule has 0 aliphatic heterocycles. The Kier molecular flexibility index (Phi) is 6.13. The summed E-state index contributed by atoms with van der Waals surface area (Å²) < 4.78 is 12.9. The highest BCUT2D eigenvalue weighted by atomic mass is 35.5. The molecule has 0 fully saturated rings. The lowest BCUT2D eigenvalue weighted by atomic mass is 10.2. The molecule has 0 aliphatic carbocycles. The molecule has 0 N–H and O–H groups in total. The monoisotopic (exact) mass is 334 g/mol. The second kappa shape index (κ2) is 8.09. The Bertz CT molecular complexity index is 660. The first-order chi connectivity index (χ1) is 10.9. The highest BCUT2D eigenvalue weighted by Crippen LogP contribution is 2.12. The zero-order valence-corrected chi connectivity index (χ0v) is 14.1. The lowest BCUT2D eigenvalue weighted by molar-refractivity contribution is -0.131. The van der Waals surface area contributed by atoms with Gasteiger partial charge in [-0.05, 0) is 42.4 Å². The van der Waals surface area contributed by atoms with Gasteiger partial charge in [-0.3, -0.25) is 9.69 Å². The van der Waals surface area contributed by atoms with Gasteiger partial charge in [0.1, 0.15) is 5.82 Å². The molecule has 0 aromatic heterocycles. The molecular weight excluding hydrogens is 315 g/mol. The number of rotatable bonds is 6. The summed E-state index contributed by atoms with van der Waals surface area (Å²) in [5.41, 5.74) is 1.97. The Labute approximate surface area is 141 Å². The third-order valence-electron chi connectivity index (χ3n) is 3.51. The summed E-state index contributed by atoms with van der Waals surface area (Å²) in [6.07, 6.45) is 0. The molecule has 122 valence electrons. The van der Waals surface area contributed by atoms with Crippen molar-refractivity contribution >= 4 is 17.5 Å². The van der Waals surface area contributed by atoms with Crippen LogP contribution in [0.25, 0.3) is 0 Å². The maximum atomic E-state index is 12.9. The van der Waals surface area contributed by atoms with Gasteiger partial charge in [-0.1, -0.05) is 35.9 Å². The van der Waals surface area contributed by atoms with Gasteiger partial charge in [-0.15, -0.1) is 0 Å². The zero-order valence-electron chi connectivity index (χ0n) is 13.3. The van der Waals surface area contributed by atoms with E-state index >= 15 is 0 Å². The first-order valence-corrected chi connectivity index (χ1v) is 7.73. The highest BCUT2D eigenvalue weighted by Gasteiger charge is 2.12. The van der Waals surface area contributed by atoms with Crippen molar-refractivity contribution in [1.29, 1.82) is 0 Å². The maximum Gasteiger partial charge on any atom is 0.236 e. The lowest BCUT2D eigenvalue weighted by Gasteiger charge is -2.22. The van der Waals surface area contributed by atoms with Crippen LogP contribution in [0.4, 0.5) is 4.39 Å². The van der Waals surface area contributed by atoms with E-state index in [1.807, 2.05) is 36.2 Å². The fourth-order valence-electron chi connectivity index (χ4n) is 2.31. The van der Waals surface area contributed by atoms with Gasteiger partial charge in [0.2, 0.25) is 5.91 Å². The standard InChI is InChI=1S/C18H20ClFN2O/c1-21(11-15-4-3-5-16(19)10-15)13-18(23)22(2)12-14-6-8-17(20)9-7-14/h3-10H,11-13H2,1-2H3. The molecule has 0 radical (unpaired) electrons. The second-order valence-corrected chi connectivity index (χ2v) is 6.11. The Morgan fingerprint density at radius 3 is 2.39 bits per heavy atom. The first kappa shape index (κ1) is 17.4. The Morgan fingerprint density at radius 1 is 1.04 bits per heavy atom. The minimum atomic E-state index is -0.274. The van der Waals surface area contributed by atoms with Crippen LogP contribution in [0.1, 0.15) is 11.1 Å². The number of hydrogen-bond acceptors (Lipinski definition) is 2. The highest BCUT2D eigenvalue weighted by molar-refractivity contribution is 6.30. The molecule has 5 heteroatoms. The maximum absolute atomic E-state index is 12.9. The lowest BCUT2D eigenvalue weighted by Crippen LogP contribution is -2.36. The van der Waals surface area contributed by atoms with Crippen LogP contribution < -0.4 is 0 Å². The molecule has 2 rings (SSSR count). The molecule has 0 unspecified atom stereocenters. The Morgan fingerprint density at radius 2 is 1.74 bits per heavy atom. The van der Waals surface area contributed by atoms with Crippen LogP contribution in [-0.4, -0.2) is 36.3 Å². The molecule has 0 aliphatic rings. The molecular formula is C18H20ClFN2O. The second-order valence-electron chi connectivity index (χ2n) is 5.68. The van der Waals surface area contributed by atoms with Crippen molar-refractivity contribution in [3.05, 3.63) is 70.5 Å². The van der Waals surface area contributed by atoms with Crippen LogP contribution in [0, 0.1) is 5.82 Å². The van der Waals surface area contributed by atoms with E-state index in [1.54, 1.807) is 24.1 Å². The summed E-state index contributed by atoms with van der Waals surface area (Å²) in [7, 11) is 3.64. The summed E-state index contributed by atoms with van der Waals surface area (Å²) in [4.78, 5) is 15.8. The van der Waals surface area contributed by atoms with Crippen LogP contribution in [0.15, 0.2) is 48.5 Å². The van der Waals surface area contributed by atoms with Crippen molar-refractivity contribution in [2.24, 2.45) is 0 Å². The number of carbonyl (C=O) groups is 1. The third kappa shape index (κ3) is 5.66. The molecule has 2 aromatic carbocycles. The molecule has 0 atom stereocenters. The smallest absolute Gasteiger partial charge is 0.236 e. The van der Waals surface area contributed by atoms with E-state index in [0.717, 1.165) is 11.1 Å². The van der Waals surface area contributed by atoms with E-state index in [0.29, 0.717) is 24.7 Å². The molecule has 1 amide bonds. The predicted octanol–water partition coefficient (Wildman–Crippen LogP) is 3.57. The van der Waals surface area contributed by atoms with Gasteiger partial charge in [-0.25, -0.2) is 4.39 Å². The first-order valence-electron chi connectivity index (χ1n) is 7.35. The fraction of sp³-hybridized carbons (Fsp3) is 0.278. The number of benzene rings is 2.